The van der Waals surface area contributed by atoms with Crippen LogP contribution in [0, 0.1) is 6.92 Å². The second kappa shape index (κ2) is 10.7. The molecule has 7 heteroatoms. The second-order valence-corrected chi connectivity index (χ2v) is 7.27. The highest BCUT2D eigenvalue weighted by Gasteiger charge is 2.27. The van der Waals surface area contributed by atoms with Crippen LogP contribution >= 0.6 is 0 Å². The number of carbonyl (C=O) groups is 3. The van der Waals surface area contributed by atoms with Crippen LogP contribution in [-0.2, 0) is 14.4 Å². The molecule has 1 aliphatic heterocycles. The number of carboxylic acid groups (broad SMARTS) is 1. The first-order valence-electron chi connectivity index (χ1n) is 9.83. The number of benzene rings is 1. The van der Waals surface area contributed by atoms with E-state index in [0.717, 1.165) is 17.7 Å². The van der Waals surface area contributed by atoms with Crippen LogP contribution in [0.4, 0.5) is 0 Å². The zero-order chi connectivity index (χ0) is 20.5. The summed E-state index contributed by atoms with van der Waals surface area (Å²) in [5.41, 5.74) is 1.13. The number of likely N-dealkylation sites (tertiary alicyclic amines) is 1. The molecule has 0 aliphatic carbocycles. The molecule has 1 aliphatic rings. The first-order valence-corrected chi connectivity index (χ1v) is 9.83. The Morgan fingerprint density at radius 2 is 2.04 bits per heavy atom. The molecule has 2 amide bonds. The van der Waals surface area contributed by atoms with Crippen molar-refractivity contribution in [3.8, 4) is 5.75 Å². The summed E-state index contributed by atoms with van der Waals surface area (Å²) in [4.78, 5) is 38.5. The number of aliphatic carboxylic acids is 1. The monoisotopic (exact) mass is 390 g/mol. The lowest BCUT2D eigenvalue weighted by Crippen LogP contribution is -2.43. The SMILES string of the molecule is CC(=O)N(CC(=O)O)C1CCCN(C(=O)CCCOc2cccc(C)c2)CC1. The summed E-state index contributed by atoms with van der Waals surface area (Å²) in [7, 11) is 0. The predicted octanol–water partition coefficient (Wildman–Crippen LogP) is 2.47. The highest BCUT2D eigenvalue weighted by atomic mass is 16.5. The lowest BCUT2D eigenvalue weighted by molar-refractivity contribution is -0.145. The molecule has 1 aromatic carbocycles. The van der Waals surface area contributed by atoms with Gasteiger partial charge < -0.3 is 19.6 Å². The number of nitrogens with zero attached hydrogens (tertiary/aromatic N) is 2. The highest BCUT2D eigenvalue weighted by Crippen LogP contribution is 2.18. The number of rotatable bonds is 8. The van der Waals surface area contributed by atoms with E-state index in [2.05, 4.69) is 0 Å². The zero-order valence-electron chi connectivity index (χ0n) is 16.7. The molecule has 7 nitrogen and oxygen atoms in total. The van der Waals surface area contributed by atoms with Gasteiger partial charge >= 0.3 is 5.97 Å². The summed E-state index contributed by atoms with van der Waals surface area (Å²) >= 11 is 0. The normalized spacial score (nSPS) is 16.9. The Morgan fingerprint density at radius 3 is 2.71 bits per heavy atom. The van der Waals surface area contributed by atoms with Gasteiger partial charge in [-0.2, -0.15) is 0 Å². The van der Waals surface area contributed by atoms with Crippen LogP contribution in [0.15, 0.2) is 24.3 Å². The van der Waals surface area contributed by atoms with E-state index in [-0.39, 0.29) is 24.4 Å². The van der Waals surface area contributed by atoms with Gasteiger partial charge in [-0.15, -0.1) is 0 Å². The van der Waals surface area contributed by atoms with Crippen LogP contribution in [0.2, 0.25) is 0 Å². The number of ether oxygens (including phenoxy) is 1. The molecule has 2 rings (SSSR count). The second-order valence-electron chi connectivity index (χ2n) is 7.27. The summed E-state index contributed by atoms with van der Waals surface area (Å²) in [6.07, 6.45) is 3.15. The average Bonchev–Trinajstić information content (AvgIpc) is 2.89. The standard InChI is InChI=1S/C21H30N2O5/c1-16-6-3-8-19(14-16)28-13-5-9-20(25)22-11-4-7-18(10-12-22)23(17(2)24)15-21(26)27/h3,6,8,14,18H,4-5,7,9-13,15H2,1-2H3,(H,26,27). The molecule has 28 heavy (non-hydrogen) atoms. The minimum atomic E-state index is -1.01. The Morgan fingerprint density at radius 1 is 1.25 bits per heavy atom. The van der Waals surface area contributed by atoms with Gasteiger partial charge in [-0.3, -0.25) is 14.4 Å². The molecule has 154 valence electrons. The molecule has 0 spiro atoms. The summed E-state index contributed by atoms with van der Waals surface area (Å²) < 4.78 is 5.69. The molecule has 1 unspecified atom stereocenters. The van der Waals surface area contributed by atoms with Gasteiger partial charge in [0, 0.05) is 32.5 Å². The van der Waals surface area contributed by atoms with Crippen molar-refractivity contribution in [2.45, 2.75) is 52.0 Å². The molecule has 0 saturated carbocycles. The summed E-state index contributed by atoms with van der Waals surface area (Å²) in [6, 6.07) is 7.69. The van der Waals surface area contributed by atoms with Crippen molar-refractivity contribution in [1.29, 1.82) is 0 Å². The number of carbonyl (C=O) groups excluding carboxylic acids is 2. The quantitative estimate of drug-likeness (QED) is 0.689. The molecule has 1 fully saturated rings. The zero-order valence-corrected chi connectivity index (χ0v) is 16.7. The van der Waals surface area contributed by atoms with Crippen molar-refractivity contribution in [2.75, 3.05) is 26.2 Å². The fraction of sp³-hybridized carbons (Fsp3) is 0.571. The van der Waals surface area contributed by atoms with E-state index in [1.807, 2.05) is 36.1 Å². The molecule has 0 radical (unpaired) electrons. The van der Waals surface area contributed by atoms with E-state index < -0.39 is 5.97 Å². The van der Waals surface area contributed by atoms with Gasteiger partial charge in [0.2, 0.25) is 11.8 Å². The van der Waals surface area contributed by atoms with Crippen LogP contribution in [0.25, 0.3) is 0 Å². The maximum atomic E-state index is 12.5. The van der Waals surface area contributed by atoms with Gasteiger partial charge in [0.25, 0.3) is 0 Å². The molecule has 1 saturated heterocycles. The summed E-state index contributed by atoms with van der Waals surface area (Å²) in [6.45, 7) is 4.79. The van der Waals surface area contributed by atoms with Crippen molar-refractivity contribution in [3.63, 3.8) is 0 Å². The number of hydrogen-bond acceptors (Lipinski definition) is 4. The van der Waals surface area contributed by atoms with E-state index >= 15 is 0 Å². The van der Waals surface area contributed by atoms with E-state index in [0.29, 0.717) is 45.4 Å². The van der Waals surface area contributed by atoms with Crippen molar-refractivity contribution in [2.24, 2.45) is 0 Å². The third kappa shape index (κ3) is 6.87. The summed E-state index contributed by atoms with van der Waals surface area (Å²) in [5, 5.41) is 9.02. The van der Waals surface area contributed by atoms with Crippen molar-refractivity contribution in [3.05, 3.63) is 29.8 Å². The lowest BCUT2D eigenvalue weighted by atomic mass is 10.1. The Labute approximate surface area is 166 Å². The molecule has 0 aromatic heterocycles. The van der Waals surface area contributed by atoms with E-state index in [9.17, 15) is 14.4 Å². The minimum Gasteiger partial charge on any atom is -0.494 e. The average molecular weight is 390 g/mol. The smallest absolute Gasteiger partial charge is 0.323 e. The fourth-order valence-electron chi connectivity index (χ4n) is 3.56. The Kier molecular flexibility index (Phi) is 8.29. The predicted molar refractivity (Wildman–Crippen MR) is 105 cm³/mol. The van der Waals surface area contributed by atoms with Gasteiger partial charge in [-0.25, -0.2) is 0 Å². The van der Waals surface area contributed by atoms with Gasteiger partial charge in [-0.05, 0) is 50.3 Å². The number of hydrogen-bond donors (Lipinski definition) is 1. The molecule has 1 N–H and O–H groups in total. The number of amides is 2. The van der Waals surface area contributed by atoms with Crippen molar-refractivity contribution < 1.29 is 24.2 Å². The third-order valence-corrected chi connectivity index (χ3v) is 4.99. The molecular weight excluding hydrogens is 360 g/mol. The number of aryl methyl sites for hydroxylation is 1. The molecular formula is C21H30N2O5. The van der Waals surface area contributed by atoms with Crippen molar-refractivity contribution >= 4 is 17.8 Å². The molecule has 1 aromatic rings. The van der Waals surface area contributed by atoms with Crippen molar-refractivity contribution in [1.82, 2.24) is 9.80 Å². The number of carboxylic acids is 1. The van der Waals surface area contributed by atoms with E-state index in [1.54, 1.807) is 0 Å². The first kappa shape index (κ1) is 21.7. The largest absolute Gasteiger partial charge is 0.494 e. The van der Waals surface area contributed by atoms with Crippen LogP contribution < -0.4 is 4.74 Å². The highest BCUT2D eigenvalue weighted by molar-refractivity contribution is 5.80. The van der Waals surface area contributed by atoms with Crippen LogP contribution in [0.5, 0.6) is 5.75 Å². The van der Waals surface area contributed by atoms with Gasteiger partial charge in [0.1, 0.15) is 12.3 Å². The Bertz CT molecular complexity index is 691. The Balaban J connectivity index is 1.77. The van der Waals surface area contributed by atoms with Gasteiger partial charge in [-0.1, -0.05) is 12.1 Å². The molecule has 1 heterocycles. The van der Waals surface area contributed by atoms with E-state index in [1.165, 1.54) is 11.8 Å². The first-order chi connectivity index (χ1) is 13.4. The van der Waals surface area contributed by atoms with Gasteiger partial charge in [0.05, 0.1) is 6.61 Å². The van der Waals surface area contributed by atoms with Gasteiger partial charge in [0.15, 0.2) is 0 Å². The van der Waals surface area contributed by atoms with E-state index in [4.69, 9.17) is 9.84 Å². The molecule has 1 atom stereocenters. The topological polar surface area (TPSA) is 87.2 Å². The fourth-order valence-corrected chi connectivity index (χ4v) is 3.56. The third-order valence-electron chi connectivity index (χ3n) is 4.99. The Hall–Kier alpha value is -2.57. The van der Waals surface area contributed by atoms with Crippen LogP contribution in [-0.4, -0.2) is 65.0 Å². The maximum absolute atomic E-state index is 12.5. The van der Waals surface area contributed by atoms with Crippen LogP contribution in [0.3, 0.4) is 0 Å². The summed E-state index contributed by atoms with van der Waals surface area (Å²) in [5.74, 6) is -0.351. The maximum Gasteiger partial charge on any atom is 0.323 e. The molecule has 0 bridgehead atoms. The van der Waals surface area contributed by atoms with Crippen LogP contribution in [0.1, 0.15) is 44.6 Å². The lowest BCUT2D eigenvalue weighted by Gasteiger charge is -2.28. The minimum absolute atomic E-state index is 0.0844.